The Labute approximate surface area is 176 Å². The standard InChI is InChI=1S/C23H25N5O2/c29-23(26-22-16-24-9-10-25-22)28-13-11-27(12-14-28)17-20-7-4-8-21(15-20)30-18-19-5-2-1-3-6-19/h1-10,15-16H,11-14,17-18H2,(H,25,26,29). The third-order valence-electron chi connectivity index (χ3n) is 5.01. The zero-order valence-corrected chi connectivity index (χ0v) is 16.8. The predicted molar refractivity (Wildman–Crippen MR) is 115 cm³/mol. The van der Waals surface area contributed by atoms with Gasteiger partial charge in [0.1, 0.15) is 12.4 Å². The molecule has 1 N–H and O–H groups in total. The molecule has 2 aromatic carbocycles. The van der Waals surface area contributed by atoms with Crippen molar-refractivity contribution >= 4 is 11.8 Å². The molecule has 1 aliphatic rings. The number of nitrogens with one attached hydrogen (secondary N) is 1. The van der Waals surface area contributed by atoms with Gasteiger partial charge in [0.25, 0.3) is 0 Å². The molecule has 0 saturated carbocycles. The molecule has 2 amide bonds. The Hall–Kier alpha value is -3.45. The van der Waals surface area contributed by atoms with Crippen molar-refractivity contribution in [3.63, 3.8) is 0 Å². The Morgan fingerprint density at radius 2 is 1.77 bits per heavy atom. The molecular formula is C23H25N5O2. The molecule has 1 aromatic heterocycles. The molecule has 3 aromatic rings. The molecule has 0 bridgehead atoms. The highest BCUT2D eigenvalue weighted by molar-refractivity contribution is 5.88. The fourth-order valence-corrected chi connectivity index (χ4v) is 3.39. The first kappa shape index (κ1) is 19.8. The van der Waals surface area contributed by atoms with Gasteiger partial charge in [-0.05, 0) is 23.3 Å². The number of benzene rings is 2. The number of nitrogens with zero attached hydrogens (tertiary/aromatic N) is 4. The minimum atomic E-state index is -0.133. The summed E-state index contributed by atoms with van der Waals surface area (Å²) in [6.07, 6.45) is 4.68. The van der Waals surface area contributed by atoms with Gasteiger partial charge in [0.2, 0.25) is 0 Å². The van der Waals surface area contributed by atoms with E-state index in [9.17, 15) is 4.79 Å². The van der Waals surface area contributed by atoms with Crippen LogP contribution >= 0.6 is 0 Å². The van der Waals surface area contributed by atoms with Gasteiger partial charge < -0.3 is 9.64 Å². The molecule has 154 valence electrons. The second kappa shape index (κ2) is 9.84. The number of amides is 2. The molecule has 7 nitrogen and oxygen atoms in total. The second-order valence-electron chi connectivity index (χ2n) is 7.21. The summed E-state index contributed by atoms with van der Waals surface area (Å²) in [6.45, 7) is 4.39. The predicted octanol–water partition coefficient (Wildman–Crippen LogP) is 3.41. The number of piperazine rings is 1. The Morgan fingerprint density at radius 1 is 0.967 bits per heavy atom. The fraction of sp³-hybridized carbons (Fsp3) is 0.261. The van der Waals surface area contributed by atoms with Gasteiger partial charge in [-0.2, -0.15) is 0 Å². The van der Waals surface area contributed by atoms with E-state index >= 15 is 0 Å². The summed E-state index contributed by atoms with van der Waals surface area (Å²) in [6, 6.07) is 18.2. The normalized spacial score (nSPS) is 14.3. The van der Waals surface area contributed by atoms with E-state index in [1.165, 1.54) is 5.56 Å². The number of anilines is 1. The number of carbonyl (C=O) groups excluding carboxylic acids is 1. The van der Waals surface area contributed by atoms with Crippen molar-refractivity contribution in [2.75, 3.05) is 31.5 Å². The van der Waals surface area contributed by atoms with E-state index in [4.69, 9.17) is 4.74 Å². The average molecular weight is 403 g/mol. The van der Waals surface area contributed by atoms with Crippen LogP contribution in [0.4, 0.5) is 10.6 Å². The van der Waals surface area contributed by atoms with Crippen LogP contribution in [0.3, 0.4) is 0 Å². The molecular weight excluding hydrogens is 378 g/mol. The van der Waals surface area contributed by atoms with E-state index in [0.717, 1.165) is 30.9 Å². The van der Waals surface area contributed by atoms with Crippen molar-refractivity contribution in [3.8, 4) is 5.75 Å². The zero-order valence-electron chi connectivity index (χ0n) is 16.8. The van der Waals surface area contributed by atoms with Gasteiger partial charge in [-0.3, -0.25) is 15.2 Å². The number of hydrogen-bond donors (Lipinski definition) is 1. The molecule has 0 aliphatic carbocycles. The molecule has 0 spiro atoms. The van der Waals surface area contributed by atoms with Gasteiger partial charge in [-0.15, -0.1) is 0 Å². The van der Waals surface area contributed by atoms with Gasteiger partial charge in [0.15, 0.2) is 5.82 Å². The van der Waals surface area contributed by atoms with Crippen LogP contribution in [0.2, 0.25) is 0 Å². The van der Waals surface area contributed by atoms with Crippen molar-refractivity contribution in [3.05, 3.63) is 84.3 Å². The van der Waals surface area contributed by atoms with Gasteiger partial charge in [0.05, 0.1) is 6.20 Å². The van der Waals surface area contributed by atoms with E-state index in [1.807, 2.05) is 35.2 Å². The Bertz CT molecular complexity index is 944. The van der Waals surface area contributed by atoms with Gasteiger partial charge >= 0.3 is 6.03 Å². The third kappa shape index (κ3) is 5.55. The first-order chi connectivity index (χ1) is 14.8. The van der Waals surface area contributed by atoms with Crippen LogP contribution in [-0.4, -0.2) is 52.0 Å². The number of ether oxygens (including phenoxy) is 1. The highest BCUT2D eigenvalue weighted by atomic mass is 16.5. The van der Waals surface area contributed by atoms with Gasteiger partial charge in [0, 0.05) is 45.1 Å². The van der Waals surface area contributed by atoms with Crippen LogP contribution in [0.1, 0.15) is 11.1 Å². The van der Waals surface area contributed by atoms with Crippen LogP contribution in [0.25, 0.3) is 0 Å². The number of urea groups is 1. The lowest BCUT2D eigenvalue weighted by Gasteiger charge is -2.34. The number of hydrogen-bond acceptors (Lipinski definition) is 5. The molecule has 0 atom stereocenters. The molecule has 0 radical (unpaired) electrons. The smallest absolute Gasteiger partial charge is 0.323 e. The largest absolute Gasteiger partial charge is 0.489 e. The van der Waals surface area contributed by atoms with Crippen molar-refractivity contribution in [1.29, 1.82) is 0 Å². The SMILES string of the molecule is O=C(Nc1cnccn1)N1CCN(Cc2cccc(OCc3ccccc3)c2)CC1. The summed E-state index contributed by atoms with van der Waals surface area (Å²) in [5.41, 5.74) is 2.36. The zero-order chi connectivity index (χ0) is 20.6. The molecule has 2 heterocycles. The molecule has 1 saturated heterocycles. The van der Waals surface area contributed by atoms with Crippen LogP contribution in [-0.2, 0) is 13.2 Å². The van der Waals surface area contributed by atoms with Crippen molar-refractivity contribution in [2.24, 2.45) is 0 Å². The van der Waals surface area contributed by atoms with Crippen LogP contribution in [0, 0.1) is 0 Å². The number of carbonyl (C=O) groups is 1. The summed E-state index contributed by atoms with van der Waals surface area (Å²) in [7, 11) is 0. The maximum absolute atomic E-state index is 12.4. The Morgan fingerprint density at radius 3 is 2.53 bits per heavy atom. The maximum atomic E-state index is 12.4. The first-order valence-corrected chi connectivity index (χ1v) is 10.1. The Kier molecular flexibility index (Phi) is 6.51. The van der Waals surface area contributed by atoms with Crippen molar-refractivity contribution in [1.82, 2.24) is 19.8 Å². The molecule has 1 aliphatic heterocycles. The lowest BCUT2D eigenvalue weighted by atomic mass is 10.2. The summed E-state index contributed by atoms with van der Waals surface area (Å²) in [5.74, 6) is 1.34. The van der Waals surface area contributed by atoms with Crippen molar-refractivity contribution in [2.45, 2.75) is 13.2 Å². The lowest BCUT2D eigenvalue weighted by molar-refractivity contribution is 0.143. The highest BCUT2D eigenvalue weighted by Gasteiger charge is 2.21. The molecule has 7 heteroatoms. The summed E-state index contributed by atoms with van der Waals surface area (Å²) < 4.78 is 5.94. The van der Waals surface area contributed by atoms with E-state index < -0.39 is 0 Å². The summed E-state index contributed by atoms with van der Waals surface area (Å²) in [4.78, 5) is 24.6. The number of rotatable bonds is 6. The van der Waals surface area contributed by atoms with Gasteiger partial charge in [-0.25, -0.2) is 9.78 Å². The maximum Gasteiger partial charge on any atom is 0.323 e. The van der Waals surface area contributed by atoms with E-state index in [0.29, 0.717) is 25.5 Å². The van der Waals surface area contributed by atoms with Crippen molar-refractivity contribution < 1.29 is 9.53 Å². The van der Waals surface area contributed by atoms with E-state index in [-0.39, 0.29) is 6.03 Å². The second-order valence-corrected chi connectivity index (χ2v) is 7.21. The average Bonchev–Trinajstić information content (AvgIpc) is 2.80. The highest BCUT2D eigenvalue weighted by Crippen LogP contribution is 2.17. The Balaban J connectivity index is 1.25. The summed E-state index contributed by atoms with van der Waals surface area (Å²) in [5, 5.41) is 2.79. The topological polar surface area (TPSA) is 70.6 Å². The lowest BCUT2D eigenvalue weighted by Crippen LogP contribution is -2.49. The third-order valence-corrected chi connectivity index (χ3v) is 5.01. The fourth-order valence-electron chi connectivity index (χ4n) is 3.39. The molecule has 1 fully saturated rings. The van der Waals surface area contributed by atoms with E-state index in [1.54, 1.807) is 18.6 Å². The van der Waals surface area contributed by atoms with Crippen LogP contribution in [0.5, 0.6) is 5.75 Å². The molecule has 30 heavy (non-hydrogen) atoms. The first-order valence-electron chi connectivity index (χ1n) is 10.1. The monoisotopic (exact) mass is 403 g/mol. The summed E-state index contributed by atoms with van der Waals surface area (Å²) >= 11 is 0. The quantitative estimate of drug-likeness (QED) is 0.683. The minimum absolute atomic E-state index is 0.133. The van der Waals surface area contributed by atoms with E-state index in [2.05, 4.69) is 44.5 Å². The number of aromatic nitrogens is 2. The molecule has 4 rings (SSSR count). The van der Waals surface area contributed by atoms with Gasteiger partial charge in [-0.1, -0.05) is 42.5 Å². The van der Waals surface area contributed by atoms with Crippen LogP contribution in [0.15, 0.2) is 73.2 Å². The molecule has 0 unspecified atom stereocenters. The minimum Gasteiger partial charge on any atom is -0.489 e. The van der Waals surface area contributed by atoms with Crippen LogP contribution < -0.4 is 10.1 Å².